The minimum Gasteiger partial charge on any atom is -0.494 e. The third kappa shape index (κ3) is 4.28. The van der Waals surface area contributed by atoms with Crippen molar-refractivity contribution in [1.29, 1.82) is 0 Å². The zero-order valence-electron chi connectivity index (χ0n) is 11.4. The predicted molar refractivity (Wildman–Crippen MR) is 78.3 cm³/mol. The highest BCUT2D eigenvalue weighted by molar-refractivity contribution is 7.93. The number of hydrogen-bond donors (Lipinski definition) is 1. The number of benzene rings is 1. The van der Waals surface area contributed by atoms with Crippen molar-refractivity contribution >= 4 is 21.4 Å². The summed E-state index contributed by atoms with van der Waals surface area (Å²) in [6.07, 6.45) is 4.98. The highest BCUT2D eigenvalue weighted by Crippen LogP contribution is 2.16. The Morgan fingerprint density at radius 2 is 2.00 bits per heavy atom. The van der Waals surface area contributed by atoms with Crippen molar-refractivity contribution < 1.29 is 17.9 Å². The molecule has 0 saturated carbocycles. The maximum Gasteiger partial charge on any atom is 0.242 e. The molecular weight excluding hydrogens is 278 g/mol. The van der Waals surface area contributed by atoms with Gasteiger partial charge in [-0.25, -0.2) is 8.42 Å². The molecule has 0 radical (unpaired) electrons. The number of carbonyl (C=O) groups is 1. The van der Waals surface area contributed by atoms with Crippen LogP contribution in [0.15, 0.2) is 24.3 Å². The standard InChI is InChI=1S/C14H17NO4S/c1-4-10-20(17,18)11(3)14(16)15-12-6-8-13(9-7-12)19-5-2/h1,6-9,11H,5,10H2,2-3H3,(H,15,16). The molecular formula is C14H17NO4S. The molecule has 0 aliphatic rings. The highest BCUT2D eigenvalue weighted by atomic mass is 32.2. The Kier molecular flexibility index (Phi) is 5.59. The molecule has 20 heavy (non-hydrogen) atoms. The van der Waals surface area contributed by atoms with E-state index in [0.29, 0.717) is 18.0 Å². The van der Waals surface area contributed by atoms with Gasteiger partial charge in [0, 0.05) is 5.69 Å². The average Bonchev–Trinajstić information content (AvgIpc) is 2.40. The predicted octanol–water partition coefficient (Wildman–Crippen LogP) is 1.46. The summed E-state index contributed by atoms with van der Waals surface area (Å²) in [5.41, 5.74) is 0.501. The van der Waals surface area contributed by atoms with Crippen LogP contribution in [0, 0.1) is 12.3 Å². The maximum atomic E-state index is 11.9. The molecule has 0 aliphatic heterocycles. The Morgan fingerprint density at radius 3 is 2.50 bits per heavy atom. The van der Waals surface area contributed by atoms with Crippen molar-refractivity contribution in [2.24, 2.45) is 0 Å². The van der Waals surface area contributed by atoms with E-state index in [4.69, 9.17) is 11.2 Å². The SMILES string of the molecule is C#CCS(=O)(=O)C(C)C(=O)Nc1ccc(OCC)cc1. The summed E-state index contributed by atoms with van der Waals surface area (Å²) in [4.78, 5) is 11.9. The van der Waals surface area contributed by atoms with Crippen LogP contribution in [0.25, 0.3) is 0 Å². The second-order valence-electron chi connectivity index (χ2n) is 4.10. The van der Waals surface area contributed by atoms with Crippen molar-refractivity contribution in [1.82, 2.24) is 0 Å². The molecule has 0 saturated heterocycles. The fourth-order valence-electron chi connectivity index (χ4n) is 1.45. The summed E-state index contributed by atoms with van der Waals surface area (Å²) in [6.45, 7) is 3.73. The smallest absolute Gasteiger partial charge is 0.242 e. The summed E-state index contributed by atoms with van der Waals surface area (Å²) in [5.74, 6) is 1.66. The van der Waals surface area contributed by atoms with Crippen LogP contribution in [0.3, 0.4) is 0 Å². The fraction of sp³-hybridized carbons (Fsp3) is 0.357. The molecule has 0 heterocycles. The zero-order valence-corrected chi connectivity index (χ0v) is 12.2. The van der Waals surface area contributed by atoms with Gasteiger partial charge >= 0.3 is 0 Å². The van der Waals surface area contributed by atoms with Crippen LogP contribution in [0.5, 0.6) is 5.75 Å². The Labute approximate surface area is 119 Å². The minimum atomic E-state index is -3.62. The van der Waals surface area contributed by atoms with Gasteiger partial charge < -0.3 is 10.1 Å². The van der Waals surface area contributed by atoms with E-state index in [9.17, 15) is 13.2 Å². The second-order valence-corrected chi connectivity index (χ2v) is 6.42. The van der Waals surface area contributed by atoms with E-state index < -0.39 is 26.7 Å². The summed E-state index contributed by atoms with van der Waals surface area (Å²) in [7, 11) is -3.62. The molecule has 1 rings (SSSR count). The normalized spacial score (nSPS) is 12.2. The molecule has 1 aromatic rings. The van der Waals surface area contributed by atoms with Crippen LogP contribution < -0.4 is 10.1 Å². The van der Waals surface area contributed by atoms with Crippen LogP contribution in [0.1, 0.15) is 13.8 Å². The summed E-state index contributed by atoms with van der Waals surface area (Å²) in [6, 6.07) is 6.67. The van der Waals surface area contributed by atoms with Crippen molar-refractivity contribution in [3.8, 4) is 18.1 Å². The van der Waals surface area contributed by atoms with Gasteiger partial charge in [-0.1, -0.05) is 5.92 Å². The number of sulfone groups is 1. The summed E-state index contributed by atoms with van der Waals surface area (Å²) in [5, 5.41) is 1.34. The van der Waals surface area contributed by atoms with Gasteiger partial charge in [0.2, 0.25) is 5.91 Å². The largest absolute Gasteiger partial charge is 0.494 e. The highest BCUT2D eigenvalue weighted by Gasteiger charge is 2.27. The topological polar surface area (TPSA) is 72.5 Å². The Morgan fingerprint density at radius 1 is 1.40 bits per heavy atom. The van der Waals surface area contributed by atoms with E-state index in [0.717, 1.165) is 0 Å². The van der Waals surface area contributed by atoms with Crippen molar-refractivity contribution in [2.75, 3.05) is 17.7 Å². The quantitative estimate of drug-likeness (QED) is 0.806. The molecule has 6 heteroatoms. The molecule has 0 aliphatic carbocycles. The van der Waals surface area contributed by atoms with E-state index in [2.05, 4.69) is 5.32 Å². The van der Waals surface area contributed by atoms with Crippen molar-refractivity contribution in [3.63, 3.8) is 0 Å². The Hall–Kier alpha value is -2.00. The third-order valence-corrected chi connectivity index (χ3v) is 4.49. The number of amides is 1. The zero-order chi connectivity index (χ0) is 15.2. The lowest BCUT2D eigenvalue weighted by Gasteiger charge is -2.12. The van der Waals surface area contributed by atoms with Gasteiger partial charge in [-0.15, -0.1) is 6.42 Å². The molecule has 0 spiro atoms. The molecule has 5 nitrogen and oxygen atoms in total. The van der Waals surface area contributed by atoms with E-state index >= 15 is 0 Å². The van der Waals surface area contributed by atoms with Gasteiger partial charge in [0.15, 0.2) is 9.84 Å². The fourth-order valence-corrected chi connectivity index (χ4v) is 2.32. The van der Waals surface area contributed by atoms with Gasteiger partial charge in [-0.2, -0.15) is 0 Å². The first-order valence-corrected chi connectivity index (χ1v) is 7.81. The number of rotatable bonds is 6. The second kappa shape index (κ2) is 6.96. The molecule has 1 aromatic carbocycles. The van der Waals surface area contributed by atoms with Gasteiger partial charge in [-0.3, -0.25) is 4.79 Å². The number of hydrogen-bond acceptors (Lipinski definition) is 4. The number of nitrogens with one attached hydrogen (secondary N) is 1. The van der Waals surface area contributed by atoms with E-state index in [1.165, 1.54) is 6.92 Å². The lowest BCUT2D eigenvalue weighted by molar-refractivity contribution is -0.115. The molecule has 0 fully saturated rings. The van der Waals surface area contributed by atoms with Crippen LogP contribution in [0.4, 0.5) is 5.69 Å². The molecule has 1 N–H and O–H groups in total. The Balaban J connectivity index is 2.73. The van der Waals surface area contributed by atoms with Gasteiger partial charge in [-0.05, 0) is 38.1 Å². The summed E-state index contributed by atoms with van der Waals surface area (Å²) < 4.78 is 28.6. The minimum absolute atomic E-state index is 0.454. The Bertz CT molecular complexity index is 599. The number of carbonyl (C=O) groups excluding carboxylic acids is 1. The maximum absolute atomic E-state index is 11.9. The monoisotopic (exact) mass is 295 g/mol. The van der Waals surface area contributed by atoms with E-state index in [-0.39, 0.29) is 0 Å². The number of terminal acetylenes is 1. The number of anilines is 1. The van der Waals surface area contributed by atoms with Crippen LogP contribution >= 0.6 is 0 Å². The first-order chi connectivity index (χ1) is 9.40. The first-order valence-electron chi connectivity index (χ1n) is 6.09. The van der Waals surface area contributed by atoms with Crippen LogP contribution in [-0.2, 0) is 14.6 Å². The number of ether oxygens (including phenoxy) is 1. The molecule has 1 atom stereocenters. The molecule has 0 bridgehead atoms. The average molecular weight is 295 g/mol. The van der Waals surface area contributed by atoms with Crippen LogP contribution in [0.2, 0.25) is 0 Å². The third-order valence-electron chi connectivity index (χ3n) is 2.63. The molecule has 1 unspecified atom stereocenters. The van der Waals surface area contributed by atoms with E-state index in [1.54, 1.807) is 24.3 Å². The van der Waals surface area contributed by atoms with E-state index in [1.807, 2.05) is 12.8 Å². The molecule has 108 valence electrons. The first kappa shape index (κ1) is 16.1. The molecule has 1 amide bonds. The van der Waals surface area contributed by atoms with Crippen molar-refractivity contribution in [2.45, 2.75) is 19.1 Å². The lowest BCUT2D eigenvalue weighted by atomic mass is 10.3. The van der Waals surface area contributed by atoms with Crippen molar-refractivity contribution in [3.05, 3.63) is 24.3 Å². The van der Waals surface area contributed by atoms with Gasteiger partial charge in [0.05, 0.1) is 6.61 Å². The summed E-state index contributed by atoms with van der Waals surface area (Å²) >= 11 is 0. The van der Waals surface area contributed by atoms with Gasteiger partial charge in [0.25, 0.3) is 0 Å². The molecule has 0 aromatic heterocycles. The van der Waals surface area contributed by atoms with Gasteiger partial charge in [0.1, 0.15) is 16.8 Å². The van der Waals surface area contributed by atoms with Crippen LogP contribution in [-0.4, -0.2) is 31.9 Å². The lowest BCUT2D eigenvalue weighted by Crippen LogP contribution is -2.33.